The van der Waals surface area contributed by atoms with E-state index in [9.17, 15) is 8.42 Å². The highest BCUT2D eigenvalue weighted by Crippen LogP contribution is 2.15. The lowest BCUT2D eigenvalue weighted by molar-refractivity contribution is 0.386. The summed E-state index contributed by atoms with van der Waals surface area (Å²) in [5.41, 5.74) is 0. The van der Waals surface area contributed by atoms with E-state index in [2.05, 4.69) is 15.2 Å². The molecule has 3 heterocycles. The van der Waals surface area contributed by atoms with Crippen LogP contribution in [-0.4, -0.2) is 64.9 Å². The minimum atomic E-state index is -3.11. The Labute approximate surface area is 123 Å². The topological polar surface area (TPSA) is 84.2 Å². The summed E-state index contributed by atoms with van der Waals surface area (Å²) in [7, 11) is -3.11. The van der Waals surface area contributed by atoms with Crippen LogP contribution in [0.4, 0.5) is 5.82 Å². The minimum absolute atomic E-state index is 0.476. The van der Waals surface area contributed by atoms with Crippen LogP contribution in [0.5, 0.6) is 0 Å². The number of anilines is 1. The van der Waals surface area contributed by atoms with Crippen molar-refractivity contribution in [2.24, 2.45) is 0 Å². The number of imidazole rings is 1. The average molecular weight is 308 g/mol. The Morgan fingerprint density at radius 1 is 1.05 bits per heavy atom. The van der Waals surface area contributed by atoms with Gasteiger partial charge in [0, 0.05) is 38.6 Å². The van der Waals surface area contributed by atoms with E-state index in [-0.39, 0.29) is 0 Å². The lowest BCUT2D eigenvalue weighted by atomic mass is 10.3. The zero-order valence-electron chi connectivity index (χ0n) is 11.6. The van der Waals surface area contributed by atoms with Crippen molar-refractivity contribution in [2.45, 2.75) is 0 Å². The summed E-state index contributed by atoms with van der Waals surface area (Å²) in [5.74, 6) is 1.46. The van der Waals surface area contributed by atoms with Gasteiger partial charge in [-0.3, -0.25) is 4.57 Å². The first-order valence-electron chi connectivity index (χ1n) is 6.56. The second-order valence-corrected chi connectivity index (χ2v) is 6.85. The van der Waals surface area contributed by atoms with Gasteiger partial charge in [-0.2, -0.15) is 4.31 Å². The highest BCUT2D eigenvalue weighted by atomic mass is 32.2. The SMILES string of the molecule is CS(=O)(=O)N1CCN(c2ccc(-n3ccnc3)nn2)CC1. The predicted octanol–water partition coefficient (Wildman–Crippen LogP) is -0.256. The van der Waals surface area contributed by atoms with Crippen LogP contribution < -0.4 is 4.90 Å². The van der Waals surface area contributed by atoms with Gasteiger partial charge in [0.1, 0.15) is 6.33 Å². The molecular formula is C12H16N6O2S. The van der Waals surface area contributed by atoms with Crippen molar-refractivity contribution >= 4 is 15.8 Å². The minimum Gasteiger partial charge on any atom is -0.352 e. The van der Waals surface area contributed by atoms with Gasteiger partial charge >= 0.3 is 0 Å². The summed E-state index contributed by atoms with van der Waals surface area (Å²) in [6, 6.07) is 3.76. The van der Waals surface area contributed by atoms with Crippen LogP contribution in [0.3, 0.4) is 0 Å². The van der Waals surface area contributed by atoms with Gasteiger partial charge in [-0.25, -0.2) is 13.4 Å². The summed E-state index contributed by atoms with van der Waals surface area (Å²) in [6.45, 7) is 2.19. The molecule has 21 heavy (non-hydrogen) atoms. The Hall–Kier alpha value is -2.00. The summed E-state index contributed by atoms with van der Waals surface area (Å²) >= 11 is 0. The molecule has 0 spiro atoms. The number of nitrogens with zero attached hydrogens (tertiary/aromatic N) is 6. The van der Waals surface area contributed by atoms with Gasteiger partial charge in [0.2, 0.25) is 10.0 Å². The molecule has 0 N–H and O–H groups in total. The summed E-state index contributed by atoms with van der Waals surface area (Å²) in [5, 5.41) is 8.37. The third kappa shape index (κ3) is 3.03. The first kappa shape index (κ1) is 14.0. The van der Waals surface area contributed by atoms with E-state index >= 15 is 0 Å². The van der Waals surface area contributed by atoms with Gasteiger partial charge in [-0.15, -0.1) is 10.2 Å². The van der Waals surface area contributed by atoms with E-state index < -0.39 is 10.0 Å². The van der Waals surface area contributed by atoms with Crippen LogP contribution in [-0.2, 0) is 10.0 Å². The molecule has 1 aliphatic rings. The molecule has 0 bridgehead atoms. The largest absolute Gasteiger partial charge is 0.352 e. The van der Waals surface area contributed by atoms with Crippen LogP contribution >= 0.6 is 0 Å². The van der Waals surface area contributed by atoms with Crippen LogP contribution in [0.2, 0.25) is 0 Å². The molecule has 2 aromatic rings. The van der Waals surface area contributed by atoms with Crippen molar-refractivity contribution in [1.29, 1.82) is 0 Å². The van der Waals surface area contributed by atoms with E-state index in [4.69, 9.17) is 0 Å². The van der Waals surface area contributed by atoms with Crippen LogP contribution in [0.15, 0.2) is 30.9 Å². The monoisotopic (exact) mass is 308 g/mol. The normalized spacial score (nSPS) is 17.1. The van der Waals surface area contributed by atoms with Crippen molar-refractivity contribution in [3.8, 4) is 5.82 Å². The molecule has 1 fully saturated rings. The molecule has 0 atom stereocenters. The van der Waals surface area contributed by atoms with Gasteiger partial charge in [0.25, 0.3) is 0 Å². The maximum Gasteiger partial charge on any atom is 0.211 e. The standard InChI is InChI=1S/C12H16N6O2S/c1-21(19,20)18-8-6-16(7-9-18)11-2-3-12(15-14-11)17-5-4-13-10-17/h2-5,10H,6-9H2,1H3. The Morgan fingerprint density at radius 2 is 1.71 bits per heavy atom. The first-order chi connectivity index (χ1) is 10.0. The third-order valence-corrected chi connectivity index (χ3v) is 4.74. The number of hydrogen-bond acceptors (Lipinski definition) is 6. The van der Waals surface area contributed by atoms with E-state index in [0.717, 1.165) is 5.82 Å². The second kappa shape index (κ2) is 5.41. The molecule has 9 heteroatoms. The van der Waals surface area contributed by atoms with Crippen molar-refractivity contribution in [2.75, 3.05) is 37.3 Å². The Morgan fingerprint density at radius 3 is 2.24 bits per heavy atom. The number of sulfonamides is 1. The fourth-order valence-electron chi connectivity index (χ4n) is 2.27. The molecule has 0 saturated carbocycles. The Bertz CT molecular complexity index is 690. The van der Waals surface area contributed by atoms with Crippen LogP contribution in [0.1, 0.15) is 0 Å². The number of piperazine rings is 1. The first-order valence-corrected chi connectivity index (χ1v) is 8.41. The average Bonchev–Trinajstić information content (AvgIpc) is 3.01. The highest BCUT2D eigenvalue weighted by Gasteiger charge is 2.24. The molecule has 0 amide bonds. The smallest absolute Gasteiger partial charge is 0.211 e. The summed E-state index contributed by atoms with van der Waals surface area (Å²) < 4.78 is 26.2. The molecule has 8 nitrogen and oxygen atoms in total. The molecule has 3 rings (SSSR count). The molecular weight excluding hydrogens is 292 g/mol. The molecule has 112 valence electrons. The number of hydrogen-bond donors (Lipinski definition) is 0. The summed E-state index contributed by atoms with van der Waals surface area (Å²) in [4.78, 5) is 6.00. The maximum atomic E-state index is 11.5. The third-order valence-electron chi connectivity index (χ3n) is 3.44. The van der Waals surface area contributed by atoms with Gasteiger partial charge in [0.05, 0.1) is 6.26 Å². The molecule has 0 radical (unpaired) electrons. The van der Waals surface area contributed by atoms with Crippen molar-refractivity contribution in [3.63, 3.8) is 0 Å². The molecule has 1 aliphatic heterocycles. The van der Waals surface area contributed by atoms with E-state index in [1.165, 1.54) is 10.6 Å². The molecule has 0 unspecified atom stereocenters. The van der Waals surface area contributed by atoms with Gasteiger partial charge in [0.15, 0.2) is 11.6 Å². The summed E-state index contributed by atoms with van der Waals surface area (Å²) in [6.07, 6.45) is 6.38. The fraction of sp³-hybridized carbons (Fsp3) is 0.417. The molecule has 0 aliphatic carbocycles. The van der Waals surface area contributed by atoms with Gasteiger partial charge in [-0.1, -0.05) is 0 Å². The maximum absolute atomic E-state index is 11.5. The fourth-order valence-corrected chi connectivity index (χ4v) is 3.09. The van der Waals surface area contributed by atoms with E-state index in [1.54, 1.807) is 23.3 Å². The Balaban J connectivity index is 1.69. The highest BCUT2D eigenvalue weighted by molar-refractivity contribution is 7.88. The second-order valence-electron chi connectivity index (χ2n) is 4.87. The number of aromatic nitrogens is 4. The van der Waals surface area contributed by atoms with Crippen LogP contribution in [0.25, 0.3) is 5.82 Å². The van der Waals surface area contributed by atoms with Crippen LogP contribution in [0, 0.1) is 0 Å². The van der Waals surface area contributed by atoms with E-state index in [1.807, 2.05) is 17.0 Å². The van der Waals surface area contributed by atoms with Crippen molar-refractivity contribution in [3.05, 3.63) is 30.9 Å². The number of rotatable bonds is 3. The van der Waals surface area contributed by atoms with Crippen molar-refractivity contribution < 1.29 is 8.42 Å². The lowest BCUT2D eigenvalue weighted by Gasteiger charge is -2.33. The predicted molar refractivity (Wildman–Crippen MR) is 77.8 cm³/mol. The van der Waals surface area contributed by atoms with Gasteiger partial charge < -0.3 is 4.90 Å². The molecule has 2 aromatic heterocycles. The van der Waals surface area contributed by atoms with Crippen molar-refractivity contribution in [1.82, 2.24) is 24.1 Å². The van der Waals surface area contributed by atoms with Gasteiger partial charge in [-0.05, 0) is 12.1 Å². The van der Waals surface area contributed by atoms with E-state index in [0.29, 0.717) is 32.0 Å². The Kier molecular flexibility index (Phi) is 3.60. The lowest BCUT2D eigenvalue weighted by Crippen LogP contribution is -2.48. The zero-order chi connectivity index (χ0) is 14.9. The quantitative estimate of drug-likeness (QED) is 0.777. The zero-order valence-corrected chi connectivity index (χ0v) is 12.4. The molecule has 1 saturated heterocycles. The molecule has 0 aromatic carbocycles.